The van der Waals surface area contributed by atoms with Gasteiger partial charge in [0.1, 0.15) is 11.6 Å². The van der Waals surface area contributed by atoms with Crippen molar-refractivity contribution in [1.82, 2.24) is 4.98 Å². The number of ether oxygens (including phenoxy) is 1. The van der Waals surface area contributed by atoms with Gasteiger partial charge in [-0.3, -0.25) is 0 Å². The zero-order valence-corrected chi connectivity index (χ0v) is 19.1. The second-order valence-corrected chi connectivity index (χ2v) is 7.81. The van der Waals surface area contributed by atoms with Crippen LogP contribution in [0.5, 0.6) is 0 Å². The van der Waals surface area contributed by atoms with E-state index in [0.717, 1.165) is 44.9 Å². The van der Waals surface area contributed by atoms with Crippen molar-refractivity contribution in [2.75, 3.05) is 6.61 Å². The summed E-state index contributed by atoms with van der Waals surface area (Å²) in [4.78, 5) is 15.1. The number of aromatic amines is 1. The van der Waals surface area contributed by atoms with Crippen LogP contribution in [0.25, 0.3) is 28.1 Å². The minimum Gasteiger partial charge on any atom is -0.463 e. The Bertz CT molecular complexity index is 1350. The molecule has 0 unspecified atom stereocenters. The Morgan fingerprint density at radius 3 is 2.41 bits per heavy atom. The molecule has 0 aliphatic rings. The first-order chi connectivity index (χ1) is 16.5. The Labute approximate surface area is 197 Å². The second kappa shape index (κ2) is 10.3. The van der Waals surface area contributed by atoms with Crippen LogP contribution in [-0.4, -0.2) is 17.6 Å². The highest BCUT2D eigenvalue weighted by molar-refractivity contribution is 6.00. The van der Waals surface area contributed by atoms with Gasteiger partial charge >= 0.3 is 5.97 Å². The first kappa shape index (κ1) is 23.2. The summed E-state index contributed by atoms with van der Waals surface area (Å²) in [6, 6.07) is 21.3. The molecule has 1 heterocycles. The number of carbonyl (C=O) groups is 1. The Kier molecular flexibility index (Phi) is 7.02. The van der Waals surface area contributed by atoms with Crippen molar-refractivity contribution in [2.45, 2.75) is 20.3 Å². The standard InChI is InChI=1S/C29H25F2NO2/c1-3-23(24-15-14-22(30)18-25(24)31)29(27-17-21-7-5-6-8-26(21)32-27)20-12-9-19(10-13-20)11-16-28(33)34-4-2/h5-18,32H,3-4H2,1-2H3/b16-11+,29-23+. The fourth-order valence-corrected chi connectivity index (χ4v) is 4.05. The molecule has 1 N–H and O–H groups in total. The molecule has 4 aromatic rings. The molecule has 0 atom stereocenters. The van der Waals surface area contributed by atoms with E-state index < -0.39 is 17.6 Å². The van der Waals surface area contributed by atoms with Crippen molar-refractivity contribution in [3.05, 3.63) is 113 Å². The van der Waals surface area contributed by atoms with Crippen molar-refractivity contribution in [1.29, 1.82) is 0 Å². The van der Waals surface area contributed by atoms with Crippen LogP contribution in [0.3, 0.4) is 0 Å². The van der Waals surface area contributed by atoms with Crippen LogP contribution in [0, 0.1) is 11.6 Å². The lowest BCUT2D eigenvalue weighted by atomic mass is 9.90. The summed E-state index contributed by atoms with van der Waals surface area (Å²) in [6.07, 6.45) is 3.62. The minimum atomic E-state index is -0.610. The lowest BCUT2D eigenvalue weighted by Crippen LogP contribution is -1.99. The highest BCUT2D eigenvalue weighted by Gasteiger charge is 2.18. The molecular weight excluding hydrogens is 432 g/mol. The third kappa shape index (κ3) is 4.99. The van der Waals surface area contributed by atoms with Crippen molar-refractivity contribution in [3.63, 3.8) is 0 Å². The molecule has 172 valence electrons. The van der Waals surface area contributed by atoms with Gasteiger partial charge in [0.2, 0.25) is 0 Å². The van der Waals surface area contributed by atoms with E-state index in [1.54, 1.807) is 13.0 Å². The molecule has 34 heavy (non-hydrogen) atoms. The van der Waals surface area contributed by atoms with Crippen LogP contribution < -0.4 is 0 Å². The highest BCUT2D eigenvalue weighted by Crippen LogP contribution is 2.36. The van der Waals surface area contributed by atoms with Crippen LogP contribution in [0.1, 0.15) is 42.7 Å². The van der Waals surface area contributed by atoms with Gasteiger partial charge in [-0.1, -0.05) is 49.4 Å². The molecule has 0 fully saturated rings. The molecule has 5 heteroatoms. The summed E-state index contributed by atoms with van der Waals surface area (Å²) in [6.45, 7) is 4.03. The number of hydrogen-bond donors (Lipinski definition) is 1. The van der Waals surface area contributed by atoms with Gasteiger partial charge in [0.15, 0.2) is 0 Å². The molecule has 0 saturated carbocycles. The van der Waals surface area contributed by atoms with E-state index in [2.05, 4.69) is 4.98 Å². The maximum absolute atomic E-state index is 14.8. The number of rotatable bonds is 7. The first-order valence-corrected chi connectivity index (χ1v) is 11.2. The van der Waals surface area contributed by atoms with Gasteiger partial charge < -0.3 is 9.72 Å². The fraction of sp³-hybridized carbons (Fsp3) is 0.138. The van der Waals surface area contributed by atoms with E-state index >= 15 is 0 Å². The summed E-state index contributed by atoms with van der Waals surface area (Å²) in [5.41, 5.74) is 5.49. The number of para-hydroxylation sites is 1. The van der Waals surface area contributed by atoms with E-state index in [1.807, 2.05) is 61.5 Å². The summed E-state index contributed by atoms with van der Waals surface area (Å²) < 4.78 is 33.4. The van der Waals surface area contributed by atoms with E-state index in [-0.39, 0.29) is 0 Å². The van der Waals surface area contributed by atoms with Crippen molar-refractivity contribution < 1.29 is 18.3 Å². The summed E-state index contributed by atoms with van der Waals surface area (Å²) in [5.74, 6) is -1.61. The molecular formula is C29H25F2NO2. The molecule has 0 amide bonds. The van der Waals surface area contributed by atoms with Crippen LogP contribution in [0.2, 0.25) is 0 Å². The Hall–Kier alpha value is -3.99. The summed E-state index contributed by atoms with van der Waals surface area (Å²) in [7, 11) is 0. The number of benzene rings is 3. The predicted octanol–water partition coefficient (Wildman–Crippen LogP) is 7.39. The third-order valence-corrected chi connectivity index (χ3v) is 5.61. The second-order valence-electron chi connectivity index (χ2n) is 7.81. The highest BCUT2D eigenvalue weighted by atomic mass is 19.1. The number of nitrogens with one attached hydrogen (secondary N) is 1. The largest absolute Gasteiger partial charge is 0.463 e. The number of esters is 1. The van der Waals surface area contributed by atoms with E-state index in [1.165, 1.54) is 18.2 Å². The van der Waals surface area contributed by atoms with Crippen LogP contribution in [-0.2, 0) is 9.53 Å². The quantitative estimate of drug-likeness (QED) is 0.179. The molecule has 4 rings (SSSR count). The lowest BCUT2D eigenvalue weighted by molar-refractivity contribution is -0.137. The number of hydrogen-bond acceptors (Lipinski definition) is 2. The lowest BCUT2D eigenvalue weighted by Gasteiger charge is -2.16. The van der Waals surface area contributed by atoms with Crippen molar-refractivity contribution in [3.8, 4) is 0 Å². The molecule has 0 radical (unpaired) electrons. The number of carbonyl (C=O) groups excluding carboxylic acids is 1. The van der Waals surface area contributed by atoms with Gasteiger partial charge in [0, 0.05) is 39.9 Å². The normalized spacial score (nSPS) is 12.2. The number of H-pyrrole nitrogens is 1. The average Bonchev–Trinajstić information content (AvgIpc) is 3.26. The number of allylic oxidation sites excluding steroid dienone is 1. The predicted molar refractivity (Wildman–Crippen MR) is 133 cm³/mol. The van der Waals surface area contributed by atoms with E-state index in [0.29, 0.717) is 18.6 Å². The maximum Gasteiger partial charge on any atom is 0.330 e. The Morgan fingerprint density at radius 2 is 1.74 bits per heavy atom. The molecule has 3 nitrogen and oxygen atoms in total. The molecule has 0 spiro atoms. The van der Waals surface area contributed by atoms with Crippen LogP contribution >= 0.6 is 0 Å². The molecule has 0 saturated heterocycles. The number of aromatic nitrogens is 1. The summed E-state index contributed by atoms with van der Waals surface area (Å²) >= 11 is 0. The monoisotopic (exact) mass is 457 g/mol. The van der Waals surface area contributed by atoms with Crippen molar-refractivity contribution in [2.24, 2.45) is 0 Å². The molecule has 1 aromatic heterocycles. The molecule has 3 aromatic carbocycles. The first-order valence-electron chi connectivity index (χ1n) is 11.2. The number of halogens is 2. The van der Waals surface area contributed by atoms with Gasteiger partial charge in [-0.15, -0.1) is 0 Å². The van der Waals surface area contributed by atoms with Gasteiger partial charge in [-0.2, -0.15) is 0 Å². The van der Waals surface area contributed by atoms with Gasteiger partial charge in [-0.25, -0.2) is 13.6 Å². The summed E-state index contributed by atoms with van der Waals surface area (Å²) in [5, 5.41) is 1.04. The fourth-order valence-electron chi connectivity index (χ4n) is 4.05. The van der Waals surface area contributed by atoms with E-state index in [4.69, 9.17) is 4.74 Å². The van der Waals surface area contributed by atoms with Gasteiger partial charge in [-0.05, 0) is 60.4 Å². The molecule has 0 aliphatic heterocycles. The zero-order valence-electron chi connectivity index (χ0n) is 19.1. The average molecular weight is 458 g/mol. The Morgan fingerprint density at radius 1 is 0.971 bits per heavy atom. The zero-order chi connectivity index (χ0) is 24.1. The van der Waals surface area contributed by atoms with Gasteiger partial charge in [0.05, 0.1) is 6.61 Å². The topological polar surface area (TPSA) is 42.1 Å². The smallest absolute Gasteiger partial charge is 0.330 e. The van der Waals surface area contributed by atoms with Crippen molar-refractivity contribution >= 4 is 34.1 Å². The van der Waals surface area contributed by atoms with Crippen LogP contribution in [0.4, 0.5) is 8.78 Å². The number of fused-ring (bicyclic) bond motifs is 1. The van der Waals surface area contributed by atoms with Crippen LogP contribution in [0.15, 0.2) is 78.9 Å². The molecule has 0 aliphatic carbocycles. The minimum absolute atomic E-state index is 0.320. The maximum atomic E-state index is 14.8. The molecule has 0 bridgehead atoms. The third-order valence-electron chi connectivity index (χ3n) is 5.61. The SMILES string of the molecule is CCOC(=O)/C=C/c1ccc(/C(=C(/CC)c2ccc(F)cc2F)c2cc3ccccc3[nH]2)cc1. The Balaban J connectivity index is 1.86. The van der Waals surface area contributed by atoms with E-state index in [9.17, 15) is 13.6 Å². The van der Waals surface area contributed by atoms with Gasteiger partial charge in [0.25, 0.3) is 0 Å².